The fourth-order valence-corrected chi connectivity index (χ4v) is 6.33. The van der Waals surface area contributed by atoms with Crippen LogP contribution in [0.5, 0.6) is 0 Å². The molecule has 0 atom stereocenters. The molecule has 0 bridgehead atoms. The van der Waals surface area contributed by atoms with Crippen molar-refractivity contribution in [3.8, 4) is 0 Å². The first kappa shape index (κ1) is 39.9. The van der Waals surface area contributed by atoms with Crippen LogP contribution < -0.4 is 0 Å². The van der Waals surface area contributed by atoms with Crippen molar-refractivity contribution in [1.82, 2.24) is 19.6 Å². The second-order valence-corrected chi connectivity index (χ2v) is 13.4. The zero-order chi connectivity index (χ0) is 31.4. The summed E-state index contributed by atoms with van der Waals surface area (Å²) in [5.41, 5.74) is 0. The van der Waals surface area contributed by atoms with Gasteiger partial charge in [-0.05, 0) is 38.9 Å². The van der Waals surface area contributed by atoms with Gasteiger partial charge in [-0.25, -0.2) is 0 Å². The monoisotopic (exact) mass is 607 g/mol. The first-order chi connectivity index (χ1) is 21.0. The van der Waals surface area contributed by atoms with Crippen LogP contribution in [0, 0.1) is 0 Å². The Labute approximate surface area is 268 Å². The highest BCUT2D eigenvalue weighted by Crippen LogP contribution is 2.12. The Bertz CT molecular complexity index is 633. The van der Waals surface area contributed by atoms with E-state index in [0.29, 0.717) is 32.7 Å². The molecule has 0 unspecified atom stereocenters. The van der Waals surface area contributed by atoms with Crippen molar-refractivity contribution in [3.05, 3.63) is 0 Å². The van der Waals surface area contributed by atoms with Crippen molar-refractivity contribution in [2.75, 3.05) is 65.4 Å². The molecular formula is C37H74N4O2. The van der Waals surface area contributed by atoms with Crippen LogP contribution >= 0.6 is 0 Å². The van der Waals surface area contributed by atoms with Gasteiger partial charge in [0.25, 0.3) is 0 Å². The second-order valence-electron chi connectivity index (χ2n) is 13.4. The van der Waals surface area contributed by atoms with E-state index in [1.54, 1.807) is 6.92 Å². The zero-order valence-corrected chi connectivity index (χ0v) is 29.5. The summed E-state index contributed by atoms with van der Waals surface area (Å²) >= 11 is 0. The van der Waals surface area contributed by atoms with Gasteiger partial charge in [0.05, 0.1) is 6.54 Å². The second kappa shape index (κ2) is 28.3. The minimum Gasteiger partial charge on any atom is -0.339 e. The highest BCUT2D eigenvalue weighted by molar-refractivity contribution is 5.79. The molecule has 1 aliphatic rings. The Morgan fingerprint density at radius 3 is 1.16 bits per heavy atom. The number of unbranched alkanes of at least 4 members (excludes halogenated alkanes) is 18. The van der Waals surface area contributed by atoms with Crippen molar-refractivity contribution in [2.45, 2.75) is 163 Å². The topological polar surface area (TPSA) is 47.1 Å². The number of hydrogen-bond acceptors (Lipinski definition) is 4. The Hall–Kier alpha value is -1.14. The van der Waals surface area contributed by atoms with Crippen molar-refractivity contribution in [3.63, 3.8) is 0 Å². The molecule has 0 radical (unpaired) electrons. The molecule has 0 N–H and O–H groups in total. The lowest BCUT2D eigenvalue weighted by Crippen LogP contribution is -2.52. The van der Waals surface area contributed by atoms with Gasteiger partial charge in [0, 0.05) is 46.2 Å². The van der Waals surface area contributed by atoms with Gasteiger partial charge in [-0.15, -0.1) is 0 Å². The number of nitrogens with zero attached hydrogens (tertiary/aromatic N) is 4. The highest BCUT2D eigenvalue weighted by atomic mass is 16.2. The molecule has 254 valence electrons. The average molecular weight is 607 g/mol. The molecule has 1 saturated heterocycles. The third kappa shape index (κ3) is 22.1. The minimum atomic E-state index is 0.120. The number of hydrogen-bond donors (Lipinski definition) is 0. The summed E-state index contributed by atoms with van der Waals surface area (Å²) in [5, 5.41) is 0. The van der Waals surface area contributed by atoms with E-state index in [1.165, 1.54) is 148 Å². The summed E-state index contributed by atoms with van der Waals surface area (Å²) in [7, 11) is 0. The molecule has 0 saturated carbocycles. The Morgan fingerprint density at radius 2 is 0.767 bits per heavy atom. The van der Waals surface area contributed by atoms with Gasteiger partial charge in [-0.3, -0.25) is 14.5 Å². The van der Waals surface area contributed by atoms with E-state index in [0.717, 1.165) is 19.6 Å². The van der Waals surface area contributed by atoms with E-state index in [9.17, 15) is 9.59 Å². The zero-order valence-electron chi connectivity index (χ0n) is 29.5. The predicted molar refractivity (Wildman–Crippen MR) is 186 cm³/mol. The van der Waals surface area contributed by atoms with Gasteiger partial charge in [0.1, 0.15) is 0 Å². The van der Waals surface area contributed by atoms with E-state index in [-0.39, 0.29) is 11.8 Å². The maximum Gasteiger partial charge on any atom is 0.236 e. The Morgan fingerprint density at radius 1 is 0.442 bits per heavy atom. The maximum absolute atomic E-state index is 13.3. The largest absolute Gasteiger partial charge is 0.339 e. The molecule has 6 heteroatoms. The Kier molecular flexibility index (Phi) is 26.3. The van der Waals surface area contributed by atoms with Crippen molar-refractivity contribution in [2.24, 2.45) is 0 Å². The van der Waals surface area contributed by atoms with Crippen molar-refractivity contribution < 1.29 is 9.59 Å². The van der Waals surface area contributed by atoms with Crippen LogP contribution in [0.25, 0.3) is 0 Å². The molecule has 6 nitrogen and oxygen atoms in total. The molecule has 1 rings (SSSR count). The van der Waals surface area contributed by atoms with Crippen LogP contribution in [-0.4, -0.2) is 96.9 Å². The van der Waals surface area contributed by atoms with Gasteiger partial charge in [-0.1, -0.05) is 136 Å². The summed E-state index contributed by atoms with van der Waals surface area (Å²) in [6.07, 6.45) is 28.1. The van der Waals surface area contributed by atoms with Gasteiger partial charge in [0.2, 0.25) is 11.8 Å². The molecule has 0 aromatic heterocycles. The maximum atomic E-state index is 13.3. The lowest BCUT2D eigenvalue weighted by Gasteiger charge is -2.35. The van der Waals surface area contributed by atoms with Gasteiger partial charge in [0.15, 0.2) is 0 Å². The average Bonchev–Trinajstić information content (AvgIpc) is 3.01. The molecule has 1 heterocycles. The summed E-state index contributed by atoms with van der Waals surface area (Å²) in [4.78, 5) is 34.1. The van der Waals surface area contributed by atoms with E-state index in [1.807, 2.05) is 9.80 Å². The van der Waals surface area contributed by atoms with E-state index in [2.05, 4.69) is 30.6 Å². The van der Waals surface area contributed by atoms with Crippen molar-refractivity contribution in [1.29, 1.82) is 0 Å². The normalized spacial score (nSPS) is 13.9. The Balaban J connectivity index is 2.62. The summed E-state index contributed by atoms with van der Waals surface area (Å²) in [6, 6.07) is 0. The smallest absolute Gasteiger partial charge is 0.236 e. The van der Waals surface area contributed by atoms with E-state index >= 15 is 0 Å². The first-order valence-corrected chi connectivity index (χ1v) is 19.0. The van der Waals surface area contributed by atoms with Crippen LogP contribution in [0.4, 0.5) is 0 Å². The fourth-order valence-electron chi connectivity index (χ4n) is 6.33. The highest BCUT2D eigenvalue weighted by Gasteiger charge is 2.24. The molecule has 1 aliphatic heterocycles. The van der Waals surface area contributed by atoms with E-state index < -0.39 is 0 Å². The summed E-state index contributed by atoms with van der Waals surface area (Å²) in [5.74, 6) is 0.367. The molecule has 0 aromatic rings. The molecule has 1 fully saturated rings. The lowest BCUT2D eigenvalue weighted by atomic mass is 10.1. The third-order valence-corrected chi connectivity index (χ3v) is 9.40. The van der Waals surface area contributed by atoms with Gasteiger partial charge in [-0.2, -0.15) is 0 Å². The number of piperazine rings is 1. The SMILES string of the molecule is CCCCCCCCCN(CCCCCCCCC)CCN(CCCCCCCCC)CC(=O)N1CCN(C(C)=O)CC1. The minimum absolute atomic E-state index is 0.120. The number of rotatable bonds is 29. The predicted octanol–water partition coefficient (Wildman–Crippen LogP) is 8.53. The quantitative estimate of drug-likeness (QED) is 0.0801. The summed E-state index contributed by atoms with van der Waals surface area (Å²) in [6.45, 7) is 17.2. The molecule has 0 spiro atoms. The van der Waals surface area contributed by atoms with Gasteiger partial charge < -0.3 is 14.7 Å². The third-order valence-electron chi connectivity index (χ3n) is 9.40. The lowest BCUT2D eigenvalue weighted by molar-refractivity contribution is -0.139. The van der Waals surface area contributed by atoms with E-state index in [4.69, 9.17) is 0 Å². The first-order valence-electron chi connectivity index (χ1n) is 19.0. The fraction of sp³-hybridized carbons (Fsp3) is 0.946. The standard InChI is InChI=1S/C37H74N4O2/c1-5-8-11-14-17-20-23-26-38(27-24-21-18-15-12-9-6-2)29-30-39(28-25-22-19-16-13-10-7-3)35-37(43)41-33-31-40(32-34-41)36(4)42/h5-35H2,1-4H3. The molecule has 2 amide bonds. The molecule has 0 aromatic carbocycles. The molecular weight excluding hydrogens is 532 g/mol. The summed E-state index contributed by atoms with van der Waals surface area (Å²) < 4.78 is 0. The van der Waals surface area contributed by atoms with Crippen LogP contribution in [0.3, 0.4) is 0 Å². The number of carbonyl (C=O) groups excluding carboxylic acids is 2. The van der Waals surface area contributed by atoms with Gasteiger partial charge >= 0.3 is 0 Å². The van der Waals surface area contributed by atoms with Crippen LogP contribution in [-0.2, 0) is 9.59 Å². The number of carbonyl (C=O) groups is 2. The van der Waals surface area contributed by atoms with Crippen LogP contribution in [0.2, 0.25) is 0 Å². The number of amides is 2. The van der Waals surface area contributed by atoms with Crippen molar-refractivity contribution >= 4 is 11.8 Å². The molecule has 43 heavy (non-hydrogen) atoms. The van der Waals surface area contributed by atoms with Crippen LogP contribution in [0.1, 0.15) is 163 Å². The van der Waals surface area contributed by atoms with Crippen LogP contribution in [0.15, 0.2) is 0 Å². The molecule has 0 aliphatic carbocycles.